The summed E-state index contributed by atoms with van der Waals surface area (Å²) < 4.78 is 0. The highest BCUT2D eigenvalue weighted by molar-refractivity contribution is 7.80. The van der Waals surface area contributed by atoms with E-state index in [1.807, 2.05) is 60.4 Å². The Labute approximate surface area is 196 Å². The van der Waals surface area contributed by atoms with E-state index in [9.17, 15) is 9.59 Å². The molecule has 1 saturated heterocycles. The number of hydrogen-bond acceptors (Lipinski definition) is 4. The van der Waals surface area contributed by atoms with Gasteiger partial charge < -0.3 is 15.1 Å². The highest BCUT2D eigenvalue weighted by Crippen LogP contribution is 2.20. The van der Waals surface area contributed by atoms with Crippen LogP contribution >= 0.6 is 12.2 Å². The van der Waals surface area contributed by atoms with Gasteiger partial charge in [0.15, 0.2) is 5.11 Å². The van der Waals surface area contributed by atoms with Gasteiger partial charge in [0.25, 0.3) is 5.91 Å². The summed E-state index contributed by atoms with van der Waals surface area (Å²) in [6.45, 7) is 9.44. The summed E-state index contributed by atoms with van der Waals surface area (Å²) in [5.74, 6) is 0.438. The van der Waals surface area contributed by atoms with Crippen molar-refractivity contribution in [1.29, 1.82) is 0 Å². The standard InChI is InChI=1S/C25H32N4O2S/c1-4-5-23(30)29-16-14-28(15-17-29)22-12-10-21(11-13-22)26-25(32)27-24(31)20-8-6-19(7-9-20)18(2)3/h6-13,18H,4-5,14-17H2,1-3H3,(H2,26,27,31,32). The van der Waals surface area contributed by atoms with Crippen molar-refractivity contribution in [1.82, 2.24) is 10.2 Å². The predicted molar refractivity (Wildman–Crippen MR) is 134 cm³/mol. The number of thiocarbonyl (C=S) groups is 1. The van der Waals surface area contributed by atoms with Gasteiger partial charge in [-0.25, -0.2) is 0 Å². The molecular formula is C25H32N4O2S. The fraction of sp³-hybridized carbons (Fsp3) is 0.400. The zero-order chi connectivity index (χ0) is 23.1. The second-order valence-electron chi connectivity index (χ2n) is 8.35. The van der Waals surface area contributed by atoms with Gasteiger partial charge in [-0.3, -0.25) is 14.9 Å². The lowest BCUT2D eigenvalue weighted by molar-refractivity contribution is -0.131. The van der Waals surface area contributed by atoms with Gasteiger partial charge in [-0.1, -0.05) is 32.9 Å². The number of nitrogens with one attached hydrogen (secondary N) is 2. The topological polar surface area (TPSA) is 64.7 Å². The molecule has 170 valence electrons. The molecule has 3 rings (SSSR count). The van der Waals surface area contributed by atoms with Gasteiger partial charge in [0, 0.05) is 49.5 Å². The zero-order valence-corrected chi connectivity index (χ0v) is 19.9. The minimum Gasteiger partial charge on any atom is -0.368 e. The minimum absolute atomic E-state index is 0.232. The Morgan fingerprint density at radius 3 is 2.16 bits per heavy atom. The molecule has 32 heavy (non-hydrogen) atoms. The van der Waals surface area contributed by atoms with Crippen molar-refractivity contribution in [3.8, 4) is 0 Å². The van der Waals surface area contributed by atoms with E-state index in [1.165, 1.54) is 5.56 Å². The third-order valence-electron chi connectivity index (χ3n) is 5.65. The smallest absolute Gasteiger partial charge is 0.257 e. The van der Waals surface area contributed by atoms with Crippen LogP contribution in [-0.2, 0) is 4.79 Å². The van der Waals surface area contributed by atoms with Gasteiger partial charge in [0.2, 0.25) is 5.91 Å². The first kappa shape index (κ1) is 23.7. The molecule has 0 radical (unpaired) electrons. The third kappa shape index (κ3) is 6.29. The van der Waals surface area contributed by atoms with Gasteiger partial charge in [-0.2, -0.15) is 0 Å². The van der Waals surface area contributed by atoms with Crippen LogP contribution < -0.4 is 15.5 Å². The molecule has 7 heteroatoms. The number of rotatable bonds is 6. The molecule has 0 spiro atoms. The first-order valence-electron chi connectivity index (χ1n) is 11.2. The molecule has 1 aliphatic heterocycles. The Hall–Kier alpha value is -2.93. The maximum Gasteiger partial charge on any atom is 0.257 e. The van der Waals surface area contributed by atoms with E-state index in [-0.39, 0.29) is 16.9 Å². The number of hydrogen-bond donors (Lipinski definition) is 2. The summed E-state index contributed by atoms with van der Waals surface area (Å²) in [7, 11) is 0. The molecule has 2 aromatic rings. The van der Waals surface area contributed by atoms with Gasteiger partial charge in [-0.05, 0) is 66.5 Å². The molecule has 0 atom stereocenters. The van der Waals surface area contributed by atoms with Gasteiger partial charge in [-0.15, -0.1) is 0 Å². The summed E-state index contributed by atoms with van der Waals surface area (Å²) in [6.07, 6.45) is 1.51. The quantitative estimate of drug-likeness (QED) is 0.637. The number of amides is 2. The average Bonchev–Trinajstić information content (AvgIpc) is 2.80. The van der Waals surface area contributed by atoms with Crippen LogP contribution in [-0.4, -0.2) is 48.0 Å². The first-order valence-corrected chi connectivity index (χ1v) is 11.6. The van der Waals surface area contributed by atoms with Crippen LogP contribution in [0, 0.1) is 0 Å². The van der Waals surface area contributed by atoms with Crippen LogP contribution in [0.1, 0.15) is 55.5 Å². The lowest BCUT2D eigenvalue weighted by atomic mass is 10.0. The predicted octanol–water partition coefficient (Wildman–Crippen LogP) is 4.39. The van der Waals surface area contributed by atoms with Crippen molar-refractivity contribution in [2.24, 2.45) is 0 Å². The molecule has 6 nitrogen and oxygen atoms in total. The highest BCUT2D eigenvalue weighted by atomic mass is 32.1. The monoisotopic (exact) mass is 452 g/mol. The molecule has 2 amide bonds. The van der Waals surface area contributed by atoms with E-state index >= 15 is 0 Å². The molecule has 0 aromatic heterocycles. The number of piperazine rings is 1. The molecule has 1 fully saturated rings. The van der Waals surface area contributed by atoms with E-state index in [0.29, 0.717) is 17.9 Å². The van der Waals surface area contributed by atoms with E-state index in [4.69, 9.17) is 12.2 Å². The highest BCUT2D eigenvalue weighted by Gasteiger charge is 2.20. The van der Waals surface area contributed by atoms with Gasteiger partial charge in [0.05, 0.1) is 0 Å². The Morgan fingerprint density at radius 2 is 1.59 bits per heavy atom. The Kier molecular flexibility index (Phi) is 8.22. The van der Waals surface area contributed by atoms with E-state index in [1.54, 1.807) is 0 Å². The van der Waals surface area contributed by atoms with Gasteiger partial charge >= 0.3 is 0 Å². The maximum atomic E-state index is 12.4. The third-order valence-corrected chi connectivity index (χ3v) is 5.86. The first-order chi connectivity index (χ1) is 15.4. The van der Waals surface area contributed by atoms with Gasteiger partial charge in [0.1, 0.15) is 0 Å². The number of carbonyl (C=O) groups is 2. The molecule has 0 aliphatic carbocycles. The summed E-state index contributed by atoms with van der Waals surface area (Å²) in [6, 6.07) is 15.5. The lowest BCUT2D eigenvalue weighted by Crippen LogP contribution is -2.48. The lowest BCUT2D eigenvalue weighted by Gasteiger charge is -2.36. The second-order valence-corrected chi connectivity index (χ2v) is 8.76. The fourth-order valence-corrected chi connectivity index (χ4v) is 3.91. The number of anilines is 2. The normalized spacial score (nSPS) is 13.8. The molecule has 2 aromatic carbocycles. The fourth-order valence-electron chi connectivity index (χ4n) is 3.70. The number of benzene rings is 2. The molecule has 0 saturated carbocycles. The van der Waals surface area contributed by atoms with Crippen molar-refractivity contribution in [3.05, 3.63) is 59.7 Å². The molecule has 2 N–H and O–H groups in total. The summed E-state index contributed by atoms with van der Waals surface area (Å²) in [5, 5.41) is 6.06. The van der Waals surface area contributed by atoms with E-state index < -0.39 is 0 Å². The molecule has 1 heterocycles. The van der Waals surface area contributed by atoms with Crippen LogP contribution in [0.25, 0.3) is 0 Å². The van der Waals surface area contributed by atoms with Crippen molar-refractivity contribution < 1.29 is 9.59 Å². The van der Waals surface area contributed by atoms with Crippen LogP contribution in [0.3, 0.4) is 0 Å². The molecule has 1 aliphatic rings. The Bertz CT molecular complexity index is 933. The van der Waals surface area contributed by atoms with Crippen LogP contribution in [0.4, 0.5) is 11.4 Å². The maximum absolute atomic E-state index is 12.4. The summed E-state index contributed by atoms with van der Waals surface area (Å²) in [5.41, 5.74) is 3.69. The van der Waals surface area contributed by atoms with Crippen molar-refractivity contribution in [3.63, 3.8) is 0 Å². The van der Waals surface area contributed by atoms with Crippen LogP contribution in [0.15, 0.2) is 48.5 Å². The van der Waals surface area contributed by atoms with Crippen molar-refractivity contribution in [2.75, 3.05) is 36.4 Å². The number of nitrogens with zero attached hydrogens (tertiary/aromatic N) is 2. The SMILES string of the molecule is CCCC(=O)N1CCN(c2ccc(NC(=S)NC(=O)c3ccc(C(C)C)cc3)cc2)CC1. The Balaban J connectivity index is 1.49. The summed E-state index contributed by atoms with van der Waals surface area (Å²) >= 11 is 5.31. The minimum atomic E-state index is -0.232. The molecular weight excluding hydrogens is 420 g/mol. The van der Waals surface area contributed by atoms with Crippen LogP contribution in [0.2, 0.25) is 0 Å². The summed E-state index contributed by atoms with van der Waals surface area (Å²) in [4.78, 5) is 28.7. The van der Waals surface area contributed by atoms with Crippen LogP contribution in [0.5, 0.6) is 0 Å². The second kappa shape index (κ2) is 11.1. The largest absolute Gasteiger partial charge is 0.368 e. The zero-order valence-electron chi connectivity index (χ0n) is 19.1. The van der Waals surface area contributed by atoms with Crippen molar-refractivity contribution in [2.45, 2.75) is 39.5 Å². The molecule has 0 unspecified atom stereocenters. The number of carbonyl (C=O) groups excluding carboxylic acids is 2. The van der Waals surface area contributed by atoms with Crippen molar-refractivity contribution >= 4 is 40.5 Å². The average molecular weight is 453 g/mol. The van der Waals surface area contributed by atoms with E-state index in [0.717, 1.165) is 44.0 Å². The Morgan fingerprint density at radius 1 is 0.969 bits per heavy atom. The van der Waals surface area contributed by atoms with E-state index in [2.05, 4.69) is 29.4 Å². The molecule has 0 bridgehead atoms.